The fraction of sp³-hybridized carbons (Fsp3) is 0.125. The number of nitrogens with zero attached hydrogens (tertiary/aromatic N) is 1. The first-order valence-corrected chi connectivity index (χ1v) is 16.4. The Hall–Kier alpha value is -5.60. The third-order valence-corrected chi connectivity index (χ3v) is 8.71. The number of rotatable bonds is 11. The molecule has 0 saturated heterocycles. The van der Waals surface area contributed by atoms with E-state index in [2.05, 4.69) is 22.0 Å². The molecule has 0 aliphatic rings. The van der Waals surface area contributed by atoms with Crippen molar-refractivity contribution in [3.8, 4) is 0 Å². The molecule has 5 aromatic rings. The summed E-state index contributed by atoms with van der Waals surface area (Å²) in [5.41, 5.74) is 6.65. The molecule has 0 fully saturated rings. The largest absolute Gasteiger partial charge is 0.378 e. The van der Waals surface area contributed by atoms with E-state index < -0.39 is 11.2 Å². The molecule has 48 heavy (non-hydrogen) atoms. The quantitative estimate of drug-likeness (QED) is 0.0986. The Kier molecular flexibility index (Phi) is 11.1. The van der Waals surface area contributed by atoms with Crippen LogP contribution in [-0.4, -0.2) is 31.8 Å². The molecule has 3 N–H and O–H groups in total. The smallest absolute Gasteiger partial charge is 0.272 e. The summed E-state index contributed by atoms with van der Waals surface area (Å²) in [6.45, 7) is 4.01. The Morgan fingerprint density at radius 3 is 1.90 bits per heavy atom. The van der Waals surface area contributed by atoms with Gasteiger partial charge < -0.3 is 20.9 Å². The zero-order valence-corrected chi connectivity index (χ0v) is 28.2. The maximum Gasteiger partial charge on any atom is 0.272 e. The number of aryl methyl sites for hydroxylation is 2. The van der Waals surface area contributed by atoms with Crippen molar-refractivity contribution in [1.82, 2.24) is 5.32 Å². The van der Waals surface area contributed by atoms with Crippen LogP contribution in [0.1, 0.15) is 37.9 Å². The summed E-state index contributed by atoms with van der Waals surface area (Å²) < 4.78 is 0. The molecule has 0 aliphatic carbocycles. The molecule has 0 saturated carbocycles. The third kappa shape index (κ3) is 9.24. The molecule has 0 heterocycles. The van der Waals surface area contributed by atoms with Crippen LogP contribution >= 0.6 is 11.8 Å². The van der Waals surface area contributed by atoms with Gasteiger partial charge in [0.2, 0.25) is 5.91 Å². The van der Waals surface area contributed by atoms with Crippen molar-refractivity contribution >= 4 is 52.6 Å². The van der Waals surface area contributed by atoms with Gasteiger partial charge in [0.05, 0.1) is 0 Å². The first-order chi connectivity index (χ1) is 23.1. The summed E-state index contributed by atoms with van der Waals surface area (Å²) in [5, 5.41) is 8.28. The van der Waals surface area contributed by atoms with Gasteiger partial charge in [0.1, 0.15) is 10.9 Å². The van der Waals surface area contributed by atoms with Gasteiger partial charge in [-0.3, -0.25) is 14.4 Å². The molecule has 242 valence electrons. The van der Waals surface area contributed by atoms with Crippen LogP contribution in [0.3, 0.4) is 0 Å². The minimum Gasteiger partial charge on any atom is -0.378 e. The molecule has 0 radical (unpaired) electrons. The second-order valence-corrected chi connectivity index (χ2v) is 12.8. The normalized spacial score (nSPS) is 11.7. The second kappa shape index (κ2) is 15.8. The third-order valence-electron chi connectivity index (χ3n) is 7.45. The first-order valence-electron chi connectivity index (χ1n) is 15.5. The van der Waals surface area contributed by atoms with Gasteiger partial charge in [0, 0.05) is 41.6 Å². The predicted octanol–water partition coefficient (Wildman–Crippen LogP) is 8.25. The number of benzene rings is 5. The maximum absolute atomic E-state index is 13.6. The fourth-order valence-corrected chi connectivity index (χ4v) is 6.11. The molecule has 7 nitrogen and oxygen atoms in total. The van der Waals surface area contributed by atoms with Crippen LogP contribution in [0.2, 0.25) is 0 Å². The Labute approximate surface area is 286 Å². The summed E-state index contributed by atoms with van der Waals surface area (Å²) in [7, 11) is 3.91. The van der Waals surface area contributed by atoms with Gasteiger partial charge in [-0.2, -0.15) is 0 Å². The molecule has 0 aromatic heterocycles. The molecular formula is C40H38N4O3S. The lowest BCUT2D eigenvalue weighted by atomic mass is 10.1. The summed E-state index contributed by atoms with van der Waals surface area (Å²) in [4.78, 5) is 43.0. The van der Waals surface area contributed by atoms with E-state index in [9.17, 15) is 14.4 Å². The van der Waals surface area contributed by atoms with Crippen molar-refractivity contribution in [2.24, 2.45) is 0 Å². The molecule has 1 atom stereocenters. The molecule has 0 bridgehead atoms. The van der Waals surface area contributed by atoms with E-state index in [1.807, 2.05) is 118 Å². The highest BCUT2D eigenvalue weighted by Crippen LogP contribution is 2.37. The highest BCUT2D eigenvalue weighted by Gasteiger charge is 2.23. The number of carbonyl (C=O) groups excluding carboxylic acids is 3. The minimum atomic E-state index is -0.505. The number of carbonyl (C=O) groups is 3. The molecular weight excluding hydrogens is 617 g/mol. The summed E-state index contributed by atoms with van der Waals surface area (Å²) >= 11 is 1.43. The Bertz CT molecular complexity index is 1890. The van der Waals surface area contributed by atoms with Crippen molar-refractivity contribution in [1.29, 1.82) is 0 Å². The SMILES string of the molecule is Cc1cc(C)cc(NC(=O)C(Sc2ccc(NC(=O)/C(=C/c3ccc(N(C)C)cc3)NC(=O)c3ccccc3)cc2)c2ccccc2)c1. The fourth-order valence-electron chi connectivity index (χ4n) is 5.08. The Morgan fingerprint density at radius 1 is 0.688 bits per heavy atom. The van der Waals surface area contributed by atoms with Crippen molar-refractivity contribution in [2.45, 2.75) is 24.0 Å². The zero-order chi connectivity index (χ0) is 34.0. The lowest BCUT2D eigenvalue weighted by molar-refractivity contribution is -0.116. The van der Waals surface area contributed by atoms with Gasteiger partial charge in [-0.1, -0.05) is 66.7 Å². The molecule has 0 aliphatic heterocycles. The summed E-state index contributed by atoms with van der Waals surface area (Å²) in [5.74, 6) is -0.984. The number of hydrogen-bond acceptors (Lipinski definition) is 5. The van der Waals surface area contributed by atoms with E-state index in [4.69, 9.17) is 0 Å². The number of nitrogens with one attached hydrogen (secondary N) is 3. The number of amides is 3. The first kappa shape index (κ1) is 33.8. The molecule has 8 heteroatoms. The van der Waals surface area contributed by atoms with E-state index in [1.165, 1.54) is 11.8 Å². The van der Waals surface area contributed by atoms with Crippen LogP contribution in [-0.2, 0) is 9.59 Å². The second-order valence-electron chi connectivity index (χ2n) is 11.6. The lowest BCUT2D eigenvalue weighted by Gasteiger charge is -2.18. The Balaban J connectivity index is 1.33. The van der Waals surface area contributed by atoms with Gasteiger partial charge in [-0.25, -0.2) is 0 Å². The standard InChI is InChI=1S/C40H38N4O3S/c1-27-23-28(2)25-33(24-27)42-40(47)37(30-11-7-5-8-12-30)48-35-21-17-32(18-22-35)41-39(46)36(43-38(45)31-13-9-6-10-14-31)26-29-15-19-34(20-16-29)44(3)4/h5-26,37H,1-4H3,(H,41,46)(H,42,47)(H,43,45)/b36-26-. The topological polar surface area (TPSA) is 90.5 Å². The van der Waals surface area contributed by atoms with Gasteiger partial charge >= 0.3 is 0 Å². The van der Waals surface area contributed by atoms with Gasteiger partial charge in [-0.05, 0) is 103 Å². The average molecular weight is 655 g/mol. The molecule has 0 spiro atoms. The van der Waals surface area contributed by atoms with Crippen LogP contribution in [0.15, 0.2) is 138 Å². The van der Waals surface area contributed by atoms with Crippen LogP contribution in [0.4, 0.5) is 17.1 Å². The average Bonchev–Trinajstić information content (AvgIpc) is 3.08. The van der Waals surface area contributed by atoms with Gasteiger partial charge in [-0.15, -0.1) is 11.8 Å². The van der Waals surface area contributed by atoms with Crippen LogP contribution in [0.25, 0.3) is 6.08 Å². The highest BCUT2D eigenvalue weighted by atomic mass is 32.2. The summed E-state index contributed by atoms with van der Waals surface area (Å²) in [6, 6.07) is 39.4. The van der Waals surface area contributed by atoms with Gasteiger partial charge in [0.15, 0.2) is 0 Å². The number of anilines is 3. The van der Waals surface area contributed by atoms with Crippen LogP contribution in [0, 0.1) is 13.8 Å². The van der Waals surface area contributed by atoms with Crippen molar-refractivity contribution < 1.29 is 14.4 Å². The van der Waals surface area contributed by atoms with E-state index in [0.717, 1.165) is 38.5 Å². The van der Waals surface area contributed by atoms with E-state index in [0.29, 0.717) is 11.3 Å². The predicted molar refractivity (Wildman–Crippen MR) is 197 cm³/mol. The highest BCUT2D eigenvalue weighted by molar-refractivity contribution is 8.00. The summed E-state index contributed by atoms with van der Waals surface area (Å²) in [6.07, 6.45) is 1.65. The zero-order valence-electron chi connectivity index (χ0n) is 27.4. The molecule has 3 amide bonds. The lowest BCUT2D eigenvalue weighted by Crippen LogP contribution is -2.30. The maximum atomic E-state index is 13.6. The van der Waals surface area contributed by atoms with Gasteiger partial charge in [0.25, 0.3) is 11.8 Å². The number of thioether (sulfide) groups is 1. The van der Waals surface area contributed by atoms with E-state index in [-0.39, 0.29) is 17.5 Å². The van der Waals surface area contributed by atoms with Crippen molar-refractivity contribution in [2.75, 3.05) is 29.6 Å². The van der Waals surface area contributed by atoms with E-state index >= 15 is 0 Å². The molecule has 5 rings (SSSR count). The number of hydrogen-bond donors (Lipinski definition) is 3. The monoisotopic (exact) mass is 654 g/mol. The molecule has 1 unspecified atom stereocenters. The van der Waals surface area contributed by atoms with Crippen molar-refractivity contribution in [3.05, 3.63) is 161 Å². The minimum absolute atomic E-state index is 0.104. The van der Waals surface area contributed by atoms with Crippen LogP contribution in [0.5, 0.6) is 0 Å². The molecule has 5 aromatic carbocycles. The van der Waals surface area contributed by atoms with Crippen molar-refractivity contribution in [3.63, 3.8) is 0 Å². The van der Waals surface area contributed by atoms with Crippen LogP contribution < -0.4 is 20.9 Å². The van der Waals surface area contributed by atoms with E-state index in [1.54, 1.807) is 42.5 Å². The Morgan fingerprint density at radius 2 is 1.29 bits per heavy atom.